The van der Waals surface area contributed by atoms with E-state index in [9.17, 15) is 9.59 Å². The van der Waals surface area contributed by atoms with Crippen LogP contribution in [0, 0.1) is 0 Å². The Labute approximate surface area is 188 Å². The van der Waals surface area contributed by atoms with Gasteiger partial charge in [-0.2, -0.15) is 11.8 Å². The highest BCUT2D eigenvalue weighted by Crippen LogP contribution is 2.33. The number of hydrogen-bond acceptors (Lipinski definition) is 6. The molecule has 3 heterocycles. The average molecular weight is 494 g/mol. The molecule has 1 unspecified atom stereocenters. The van der Waals surface area contributed by atoms with E-state index in [0.717, 1.165) is 44.2 Å². The third kappa shape index (κ3) is 4.91. The van der Waals surface area contributed by atoms with Crippen LogP contribution in [0.5, 0.6) is 0 Å². The Morgan fingerprint density at radius 2 is 2.00 bits per heavy atom. The van der Waals surface area contributed by atoms with Gasteiger partial charge in [0.2, 0.25) is 0 Å². The zero-order valence-electron chi connectivity index (χ0n) is 16.5. The molecule has 7 nitrogen and oxygen atoms in total. The summed E-state index contributed by atoms with van der Waals surface area (Å²) in [6.07, 6.45) is 1.06. The zero-order chi connectivity index (χ0) is 21.0. The molecule has 30 heavy (non-hydrogen) atoms. The standard InChI is InChI=1S/C21H24BrN3O4S/c22-18-5-4-17(29-18)20(27)24-16-3-1-2-15(12-16)19(26)23-13-21(6-11-30-14-21)25-7-9-28-10-8-25/h1-5,12H,6-11,13-14H2,(H,23,26)(H,24,27). The Balaban J connectivity index is 1.39. The molecule has 2 aliphatic rings. The first-order chi connectivity index (χ1) is 14.6. The van der Waals surface area contributed by atoms with E-state index < -0.39 is 0 Å². The van der Waals surface area contributed by atoms with Crippen molar-refractivity contribution in [2.24, 2.45) is 0 Å². The summed E-state index contributed by atoms with van der Waals surface area (Å²) in [7, 11) is 0. The van der Waals surface area contributed by atoms with Gasteiger partial charge in [-0.3, -0.25) is 14.5 Å². The summed E-state index contributed by atoms with van der Waals surface area (Å²) >= 11 is 5.12. The number of nitrogens with zero attached hydrogens (tertiary/aromatic N) is 1. The van der Waals surface area contributed by atoms with E-state index in [4.69, 9.17) is 9.15 Å². The Morgan fingerprint density at radius 3 is 2.70 bits per heavy atom. The fourth-order valence-electron chi connectivity index (χ4n) is 3.85. The second kappa shape index (κ2) is 9.55. The first-order valence-electron chi connectivity index (χ1n) is 9.91. The maximum Gasteiger partial charge on any atom is 0.291 e. The van der Waals surface area contributed by atoms with E-state index in [1.165, 1.54) is 0 Å². The van der Waals surface area contributed by atoms with Crippen molar-refractivity contribution in [2.75, 3.05) is 49.7 Å². The number of halogens is 1. The molecule has 2 aliphatic heterocycles. The predicted octanol–water partition coefficient (Wildman–Crippen LogP) is 3.23. The molecule has 2 amide bonds. The Bertz CT molecular complexity index is 907. The molecule has 0 bridgehead atoms. The van der Waals surface area contributed by atoms with Gasteiger partial charge in [-0.25, -0.2) is 0 Å². The molecular formula is C21H24BrN3O4S. The summed E-state index contributed by atoms with van der Waals surface area (Å²) in [5.41, 5.74) is 1.04. The fraction of sp³-hybridized carbons (Fsp3) is 0.429. The lowest BCUT2D eigenvalue weighted by atomic mass is 9.95. The number of furan rings is 1. The molecule has 160 valence electrons. The van der Waals surface area contributed by atoms with Crippen molar-refractivity contribution < 1.29 is 18.7 Å². The molecule has 4 rings (SSSR count). The Kier molecular flexibility index (Phi) is 6.82. The van der Waals surface area contributed by atoms with E-state index >= 15 is 0 Å². The summed E-state index contributed by atoms with van der Waals surface area (Å²) < 4.78 is 11.3. The van der Waals surface area contributed by atoms with Crippen molar-refractivity contribution in [1.29, 1.82) is 0 Å². The molecular weight excluding hydrogens is 470 g/mol. The molecule has 1 atom stereocenters. The first kappa shape index (κ1) is 21.4. The lowest BCUT2D eigenvalue weighted by Gasteiger charge is -2.43. The minimum Gasteiger partial charge on any atom is -0.444 e. The number of rotatable bonds is 6. The van der Waals surface area contributed by atoms with Gasteiger partial charge >= 0.3 is 0 Å². The third-order valence-corrected chi connectivity index (χ3v) is 7.18. The van der Waals surface area contributed by atoms with Crippen LogP contribution in [0.2, 0.25) is 0 Å². The quantitative estimate of drug-likeness (QED) is 0.642. The van der Waals surface area contributed by atoms with Crippen molar-refractivity contribution in [1.82, 2.24) is 10.2 Å². The van der Waals surface area contributed by atoms with Gasteiger partial charge in [0.1, 0.15) is 0 Å². The first-order valence-corrected chi connectivity index (χ1v) is 11.9. The highest BCUT2D eigenvalue weighted by atomic mass is 79.9. The number of nitrogens with one attached hydrogen (secondary N) is 2. The molecule has 0 saturated carbocycles. The number of hydrogen-bond donors (Lipinski definition) is 2. The second-order valence-electron chi connectivity index (χ2n) is 7.45. The number of morpholine rings is 1. The molecule has 2 N–H and O–H groups in total. The second-order valence-corrected chi connectivity index (χ2v) is 9.33. The van der Waals surface area contributed by atoms with Crippen LogP contribution in [0.25, 0.3) is 0 Å². The van der Waals surface area contributed by atoms with Crippen molar-refractivity contribution in [3.8, 4) is 0 Å². The molecule has 2 saturated heterocycles. The van der Waals surface area contributed by atoms with Crippen LogP contribution < -0.4 is 10.6 Å². The van der Waals surface area contributed by atoms with Gasteiger partial charge < -0.3 is 19.8 Å². The summed E-state index contributed by atoms with van der Waals surface area (Å²) in [5, 5.41) is 5.89. The number of carbonyl (C=O) groups excluding carboxylic acids is 2. The maximum atomic E-state index is 12.8. The van der Waals surface area contributed by atoms with Gasteiger partial charge in [0.25, 0.3) is 11.8 Å². The Morgan fingerprint density at radius 1 is 1.17 bits per heavy atom. The summed E-state index contributed by atoms with van der Waals surface area (Å²) in [6, 6.07) is 10.2. The molecule has 2 aromatic rings. The SMILES string of the molecule is O=C(NCC1(N2CCOCC2)CCSC1)c1cccc(NC(=O)c2ccc(Br)o2)c1. The summed E-state index contributed by atoms with van der Waals surface area (Å²) in [5.74, 6) is 1.81. The minimum absolute atomic E-state index is 0.0113. The highest BCUT2D eigenvalue weighted by Gasteiger charge is 2.40. The van der Waals surface area contributed by atoms with E-state index in [1.807, 2.05) is 11.8 Å². The molecule has 9 heteroatoms. The van der Waals surface area contributed by atoms with Crippen LogP contribution in [0.3, 0.4) is 0 Å². The number of benzene rings is 1. The zero-order valence-corrected chi connectivity index (χ0v) is 18.9. The van der Waals surface area contributed by atoms with Gasteiger partial charge in [0.15, 0.2) is 10.4 Å². The molecule has 2 fully saturated rings. The number of ether oxygens (including phenoxy) is 1. The fourth-order valence-corrected chi connectivity index (χ4v) is 5.63. The molecule has 1 aromatic heterocycles. The average Bonchev–Trinajstić information content (AvgIpc) is 3.43. The van der Waals surface area contributed by atoms with Crippen LogP contribution in [0.15, 0.2) is 45.5 Å². The molecule has 0 radical (unpaired) electrons. The topological polar surface area (TPSA) is 83.8 Å². The van der Waals surface area contributed by atoms with E-state index in [0.29, 0.717) is 22.5 Å². The minimum atomic E-state index is -0.368. The van der Waals surface area contributed by atoms with Gasteiger partial charge in [0, 0.05) is 42.2 Å². The van der Waals surface area contributed by atoms with Crippen LogP contribution >= 0.6 is 27.7 Å². The van der Waals surface area contributed by atoms with Crippen LogP contribution in [0.1, 0.15) is 27.3 Å². The Hall–Kier alpha value is -1.81. The van der Waals surface area contributed by atoms with Crippen LogP contribution in [0.4, 0.5) is 5.69 Å². The highest BCUT2D eigenvalue weighted by molar-refractivity contribution is 9.10. The molecule has 0 spiro atoms. The van der Waals surface area contributed by atoms with Crippen LogP contribution in [-0.4, -0.2) is 66.6 Å². The van der Waals surface area contributed by atoms with E-state index in [1.54, 1.807) is 36.4 Å². The van der Waals surface area contributed by atoms with Gasteiger partial charge in [-0.05, 0) is 58.4 Å². The van der Waals surface area contributed by atoms with Gasteiger partial charge in [0.05, 0.1) is 13.2 Å². The maximum absolute atomic E-state index is 12.8. The number of anilines is 1. The predicted molar refractivity (Wildman–Crippen MR) is 120 cm³/mol. The lowest BCUT2D eigenvalue weighted by molar-refractivity contribution is -0.0129. The number of amides is 2. The van der Waals surface area contributed by atoms with Crippen molar-refractivity contribution in [3.63, 3.8) is 0 Å². The summed E-state index contributed by atoms with van der Waals surface area (Å²) in [6.45, 7) is 3.90. The normalized spacial score (nSPS) is 22.0. The van der Waals surface area contributed by atoms with E-state index in [2.05, 4.69) is 31.5 Å². The van der Waals surface area contributed by atoms with Crippen molar-refractivity contribution in [3.05, 3.63) is 52.4 Å². The van der Waals surface area contributed by atoms with Gasteiger partial charge in [-0.15, -0.1) is 0 Å². The number of carbonyl (C=O) groups is 2. The smallest absolute Gasteiger partial charge is 0.291 e. The van der Waals surface area contributed by atoms with Gasteiger partial charge in [-0.1, -0.05) is 6.07 Å². The van der Waals surface area contributed by atoms with E-state index in [-0.39, 0.29) is 23.1 Å². The van der Waals surface area contributed by atoms with Crippen molar-refractivity contribution in [2.45, 2.75) is 12.0 Å². The molecule has 0 aliphatic carbocycles. The largest absolute Gasteiger partial charge is 0.444 e. The molecule has 1 aromatic carbocycles. The lowest BCUT2D eigenvalue weighted by Crippen LogP contribution is -2.59. The monoisotopic (exact) mass is 493 g/mol. The summed E-state index contributed by atoms with van der Waals surface area (Å²) in [4.78, 5) is 27.6. The number of thioether (sulfide) groups is 1. The van der Waals surface area contributed by atoms with Crippen LogP contribution in [-0.2, 0) is 4.74 Å². The third-order valence-electron chi connectivity index (χ3n) is 5.52. The van der Waals surface area contributed by atoms with Crippen molar-refractivity contribution >= 4 is 45.2 Å².